The molecule has 0 amide bonds. The summed E-state index contributed by atoms with van der Waals surface area (Å²) in [5, 5.41) is 13.5. The molecule has 0 saturated heterocycles. The van der Waals surface area contributed by atoms with E-state index in [0.717, 1.165) is 5.56 Å². The third kappa shape index (κ3) is 5.46. The summed E-state index contributed by atoms with van der Waals surface area (Å²) in [6.07, 6.45) is 1.54. The molecule has 0 unspecified atom stereocenters. The summed E-state index contributed by atoms with van der Waals surface area (Å²) in [5.74, 6) is 0.219. The van der Waals surface area contributed by atoms with Crippen LogP contribution >= 0.6 is 11.6 Å². The van der Waals surface area contributed by atoms with Crippen LogP contribution in [0.1, 0.15) is 16.7 Å². The Hall–Kier alpha value is -4.48. The molecule has 168 valence electrons. The van der Waals surface area contributed by atoms with Crippen molar-refractivity contribution in [2.75, 3.05) is 5.43 Å². The van der Waals surface area contributed by atoms with Crippen molar-refractivity contribution in [3.8, 4) is 23.1 Å². The fourth-order valence-electron chi connectivity index (χ4n) is 3.05. The highest BCUT2D eigenvalue weighted by Crippen LogP contribution is 2.20. The SMILES string of the molecule is N#Cc1c(-c2ccccc2)nc(NN=Cc2ccc(OCc3ccc(Cl)c(F)c3)cc2)[nH]c1=O. The largest absolute Gasteiger partial charge is 0.489 e. The summed E-state index contributed by atoms with van der Waals surface area (Å²) >= 11 is 5.69. The minimum atomic E-state index is -0.559. The number of H-pyrrole nitrogens is 1. The van der Waals surface area contributed by atoms with Gasteiger partial charge in [-0.1, -0.05) is 48.0 Å². The zero-order valence-corrected chi connectivity index (χ0v) is 18.4. The first kappa shape index (κ1) is 22.7. The summed E-state index contributed by atoms with van der Waals surface area (Å²) in [5.41, 5.74) is 4.39. The minimum Gasteiger partial charge on any atom is -0.489 e. The number of nitrogens with one attached hydrogen (secondary N) is 2. The van der Waals surface area contributed by atoms with Crippen molar-refractivity contribution in [1.29, 1.82) is 5.26 Å². The van der Waals surface area contributed by atoms with Gasteiger partial charge in [0.15, 0.2) is 0 Å². The molecule has 34 heavy (non-hydrogen) atoms. The normalized spacial score (nSPS) is 10.7. The van der Waals surface area contributed by atoms with E-state index in [1.807, 2.05) is 12.1 Å². The van der Waals surface area contributed by atoms with E-state index in [9.17, 15) is 14.4 Å². The molecule has 1 aromatic heterocycles. The number of aromatic nitrogens is 2. The van der Waals surface area contributed by atoms with Gasteiger partial charge in [0, 0.05) is 5.56 Å². The summed E-state index contributed by atoms with van der Waals surface area (Å²) in [6.45, 7) is 0.199. The van der Waals surface area contributed by atoms with Gasteiger partial charge < -0.3 is 4.74 Å². The molecule has 4 rings (SSSR count). The molecule has 0 saturated carbocycles. The van der Waals surface area contributed by atoms with Crippen LogP contribution in [-0.4, -0.2) is 16.2 Å². The average molecular weight is 474 g/mol. The van der Waals surface area contributed by atoms with Crippen molar-refractivity contribution in [2.24, 2.45) is 5.10 Å². The van der Waals surface area contributed by atoms with Gasteiger partial charge in [0.05, 0.1) is 16.9 Å². The molecule has 2 N–H and O–H groups in total. The molecular weight excluding hydrogens is 457 g/mol. The highest BCUT2D eigenvalue weighted by atomic mass is 35.5. The van der Waals surface area contributed by atoms with E-state index in [1.54, 1.807) is 60.8 Å². The van der Waals surface area contributed by atoms with Crippen molar-refractivity contribution in [3.05, 3.63) is 111 Å². The Labute approximate surface area is 199 Å². The second-order valence-electron chi connectivity index (χ2n) is 7.09. The predicted molar refractivity (Wildman–Crippen MR) is 128 cm³/mol. The van der Waals surface area contributed by atoms with E-state index in [-0.39, 0.29) is 28.8 Å². The van der Waals surface area contributed by atoms with E-state index in [1.165, 1.54) is 12.1 Å². The van der Waals surface area contributed by atoms with Gasteiger partial charge in [-0.05, 0) is 47.5 Å². The van der Waals surface area contributed by atoms with Crippen molar-refractivity contribution < 1.29 is 9.13 Å². The molecule has 3 aromatic carbocycles. The Morgan fingerprint density at radius 2 is 1.91 bits per heavy atom. The molecular formula is C25H17ClFN5O2. The van der Waals surface area contributed by atoms with Gasteiger partial charge in [-0.25, -0.2) is 14.8 Å². The maximum absolute atomic E-state index is 13.5. The number of ether oxygens (including phenoxy) is 1. The molecule has 0 radical (unpaired) electrons. The lowest BCUT2D eigenvalue weighted by atomic mass is 10.1. The van der Waals surface area contributed by atoms with Crippen LogP contribution in [0.15, 0.2) is 82.7 Å². The predicted octanol–water partition coefficient (Wildman–Crippen LogP) is 5.13. The molecule has 0 fully saturated rings. The van der Waals surface area contributed by atoms with Gasteiger partial charge in [-0.2, -0.15) is 10.4 Å². The van der Waals surface area contributed by atoms with Crippen molar-refractivity contribution in [3.63, 3.8) is 0 Å². The van der Waals surface area contributed by atoms with Gasteiger partial charge in [0.25, 0.3) is 5.56 Å². The molecule has 0 aliphatic heterocycles. The Balaban J connectivity index is 1.41. The lowest BCUT2D eigenvalue weighted by molar-refractivity contribution is 0.305. The second-order valence-corrected chi connectivity index (χ2v) is 7.50. The van der Waals surface area contributed by atoms with Gasteiger partial charge in [-0.15, -0.1) is 0 Å². The molecule has 7 nitrogen and oxygen atoms in total. The number of hydrogen-bond donors (Lipinski definition) is 2. The average Bonchev–Trinajstić information content (AvgIpc) is 2.86. The quantitative estimate of drug-likeness (QED) is 0.286. The Morgan fingerprint density at radius 1 is 1.15 bits per heavy atom. The van der Waals surface area contributed by atoms with E-state index in [4.69, 9.17) is 16.3 Å². The lowest BCUT2D eigenvalue weighted by Gasteiger charge is -2.07. The number of benzene rings is 3. The number of hydrogen-bond acceptors (Lipinski definition) is 6. The summed E-state index contributed by atoms with van der Waals surface area (Å²) < 4.78 is 19.2. The van der Waals surface area contributed by atoms with Crippen molar-refractivity contribution >= 4 is 23.8 Å². The standard InChI is InChI=1S/C25H17ClFN5O2/c26-21-11-8-17(12-22(21)27)15-34-19-9-6-16(7-10-19)14-29-32-25-30-23(18-4-2-1-3-5-18)20(13-28)24(33)31-25/h1-12,14H,15H2,(H2,30,31,32,33). The smallest absolute Gasteiger partial charge is 0.270 e. The summed E-state index contributed by atoms with van der Waals surface area (Å²) in [4.78, 5) is 19.1. The molecule has 0 aliphatic carbocycles. The monoisotopic (exact) mass is 473 g/mol. The molecule has 0 atom stereocenters. The third-order valence-electron chi connectivity index (χ3n) is 4.73. The van der Waals surface area contributed by atoms with Crippen molar-refractivity contribution in [1.82, 2.24) is 9.97 Å². The van der Waals surface area contributed by atoms with Gasteiger partial charge in [-0.3, -0.25) is 9.78 Å². The van der Waals surface area contributed by atoms with Gasteiger partial charge in [0.1, 0.15) is 29.8 Å². The van der Waals surface area contributed by atoms with E-state index >= 15 is 0 Å². The van der Waals surface area contributed by atoms with Crippen LogP contribution in [0.25, 0.3) is 11.3 Å². The highest BCUT2D eigenvalue weighted by Gasteiger charge is 2.12. The van der Waals surface area contributed by atoms with Crippen LogP contribution in [0.5, 0.6) is 5.75 Å². The molecule has 9 heteroatoms. The Morgan fingerprint density at radius 3 is 2.62 bits per heavy atom. The zero-order valence-electron chi connectivity index (χ0n) is 17.6. The number of hydrazone groups is 1. The maximum atomic E-state index is 13.5. The first-order valence-corrected chi connectivity index (χ1v) is 10.5. The summed E-state index contributed by atoms with van der Waals surface area (Å²) in [6, 6.07) is 22.4. The number of nitrogens with zero attached hydrogens (tertiary/aromatic N) is 3. The number of aromatic amines is 1. The first-order valence-electron chi connectivity index (χ1n) is 10.1. The second kappa shape index (κ2) is 10.4. The van der Waals surface area contributed by atoms with Gasteiger partial charge in [0.2, 0.25) is 5.95 Å². The Kier molecular flexibility index (Phi) is 6.96. The number of anilines is 1. The van der Waals surface area contributed by atoms with E-state index in [2.05, 4.69) is 20.5 Å². The summed E-state index contributed by atoms with van der Waals surface area (Å²) in [7, 11) is 0. The maximum Gasteiger partial charge on any atom is 0.270 e. The van der Waals surface area contributed by atoms with E-state index < -0.39 is 11.4 Å². The molecule has 0 bridgehead atoms. The van der Waals surface area contributed by atoms with Crippen LogP contribution in [0.3, 0.4) is 0 Å². The van der Waals surface area contributed by atoms with Crippen LogP contribution in [0, 0.1) is 17.1 Å². The highest BCUT2D eigenvalue weighted by molar-refractivity contribution is 6.30. The zero-order chi connectivity index (χ0) is 23.9. The molecule has 4 aromatic rings. The molecule has 1 heterocycles. The lowest BCUT2D eigenvalue weighted by Crippen LogP contribution is -2.16. The molecule has 0 aliphatic rings. The van der Waals surface area contributed by atoms with Crippen LogP contribution in [-0.2, 0) is 6.61 Å². The first-order chi connectivity index (χ1) is 16.5. The van der Waals surface area contributed by atoms with Crippen LogP contribution < -0.4 is 15.7 Å². The fraction of sp³-hybridized carbons (Fsp3) is 0.0400. The number of rotatable bonds is 7. The topological polar surface area (TPSA) is 103 Å². The number of halogens is 2. The molecule has 0 spiro atoms. The number of nitriles is 1. The van der Waals surface area contributed by atoms with Gasteiger partial charge >= 0.3 is 0 Å². The van der Waals surface area contributed by atoms with Crippen LogP contribution in [0.2, 0.25) is 5.02 Å². The van der Waals surface area contributed by atoms with Crippen LogP contribution in [0.4, 0.5) is 10.3 Å². The Bertz CT molecular complexity index is 1430. The minimum absolute atomic E-state index is 0.0672. The third-order valence-corrected chi connectivity index (χ3v) is 5.04. The fourth-order valence-corrected chi connectivity index (χ4v) is 3.17. The van der Waals surface area contributed by atoms with E-state index in [0.29, 0.717) is 16.9 Å². The van der Waals surface area contributed by atoms with Crippen molar-refractivity contribution in [2.45, 2.75) is 6.61 Å².